The van der Waals surface area contributed by atoms with E-state index in [0.29, 0.717) is 25.7 Å². The molecule has 0 saturated heterocycles. The topological polar surface area (TPSA) is 82.1 Å². The van der Waals surface area contributed by atoms with Gasteiger partial charge in [-0.05, 0) is 55.9 Å². The predicted octanol–water partition coefficient (Wildman–Crippen LogP) is 3.86. The first kappa shape index (κ1) is 23.0. The fourth-order valence-electron chi connectivity index (χ4n) is 3.00. The van der Waals surface area contributed by atoms with Crippen LogP contribution in [0, 0.1) is 11.8 Å². The van der Waals surface area contributed by atoms with Crippen LogP contribution in [-0.2, 0) is 14.3 Å². The minimum Gasteiger partial charge on any atom is -0.465 e. The average Bonchev–Trinajstić information content (AvgIpc) is 2.66. The van der Waals surface area contributed by atoms with Crippen molar-refractivity contribution in [3.8, 4) is 5.75 Å². The summed E-state index contributed by atoms with van der Waals surface area (Å²) in [5, 5.41) is 10.3. The lowest BCUT2D eigenvalue weighted by Crippen LogP contribution is -2.38. The quantitative estimate of drug-likeness (QED) is 0.677. The van der Waals surface area contributed by atoms with Crippen LogP contribution in [0.15, 0.2) is 24.3 Å². The van der Waals surface area contributed by atoms with Crippen molar-refractivity contribution in [1.29, 1.82) is 0 Å². The Morgan fingerprint density at radius 3 is 2.41 bits per heavy atom. The second kappa shape index (κ2) is 9.96. The number of carbonyl (C=O) groups is 2. The van der Waals surface area contributed by atoms with Gasteiger partial charge in [-0.2, -0.15) is 0 Å². The van der Waals surface area contributed by atoms with Gasteiger partial charge in [-0.1, -0.05) is 13.8 Å². The number of halogens is 3. The standard InChI is InChI=1S/C20H25F3O6/c1-3-12(2)18(25)27-11-13-4-9-17(16(24)10-13)28-19(26)14-5-7-15(8-6-14)29-20(21,22)23/h5-8,12-13,16-17,24H,3-4,9-11H2,1-2H3. The monoisotopic (exact) mass is 418 g/mol. The summed E-state index contributed by atoms with van der Waals surface area (Å²) in [6.07, 6.45) is -4.43. The first-order valence-corrected chi connectivity index (χ1v) is 9.50. The van der Waals surface area contributed by atoms with E-state index in [1.165, 1.54) is 0 Å². The summed E-state index contributed by atoms with van der Waals surface area (Å²) in [4.78, 5) is 23.9. The number of hydrogen-bond donors (Lipinski definition) is 1. The van der Waals surface area contributed by atoms with Crippen LogP contribution in [0.3, 0.4) is 0 Å². The van der Waals surface area contributed by atoms with Crippen LogP contribution in [0.4, 0.5) is 13.2 Å². The van der Waals surface area contributed by atoms with Crippen molar-refractivity contribution in [2.45, 2.75) is 58.1 Å². The van der Waals surface area contributed by atoms with Crippen molar-refractivity contribution in [2.75, 3.05) is 6.61 Å². The highest BCUT2D eigenvalue weighted by atomic mass is 19.4. The van der Waals surface area contributed by atoms with Gasteiger partial charge in [0.1, 0.15) is 11.9 Å². The number of esters is 2. The van der Waals surface area contributed by atoms with Gasteiger partial charge >= 0.3 is 18.3 Å². The van der Waals surface area contributed by atoms with Gasteiger partial charge in [0.25, 0.3) is 0 Å². The van der Waals surface area contributed by atoms with Gasteiger partial charge in [0.15, 0.2) is 0 Å². The second-order valence-electron chi connectivity index (χ2n) is 7.20. The van der Waals surface area contributed by atoms with E-state index in [1.807, 2.05) is 6.92 Å². The zero-order valence-electron chi connectivity index (χ0n) is 16.3. The smallest absolute Gasteiger partial charge is 0.465 e. The van der Waals surface area contributed by atoms with Crippen molar-refractivity contribution < 1.29 is 42.1 Å². The molecule has 9 heteroatoms. The summed E-state index contributed by atoms with van der Waals surface area (Å²) in [6, 6.07) is 4.36. The normalized spacial score (nSPS) is 23.2. The van der Waals surface area contributed by atoms with Crippen LogP contribution in [0.25, 0.3) is 0 Å². The van der Waals surface area contributed by atoms with Gasteiger partial charge in [-0.3, -0.25) is 4.79 Å². The summed E-state index contributed by atoms with van der Waals surface area (Å²) >= 11 is 0. The molecule has 29 heavy (non-hydrogen) atoms. The van der Waals surface area contributed by atoms with Gasteiger partial charge < -0.3 is 19.3 Å². The molecule has 1 aliphatic rings. The molecule has 0 heterocycles. The van der Waals surface area contributed by atoms with Crippen molar-refractivity contribution >= 4 is 11.9 Å². The third kappa shape index (κ3) is 7.23. The first-order valence-electron chi connectivity index (χ1n) is 9.50. The Balaban J connectivity index is 1.82. The van der Waals surface area contributed by atoms with Crippen LogP contribution >= 0.6 is 0 Å². The highest BCUT2D eigenvalue weighted by Crippen LogP contribution is 2.28. The Morgan fingerprint density at radius 2 is 1.86 bits per heavy atom. The summed E-state index contributed by atoms with van der Waals surface area (Å²) < 4.78 is 50.8. The molecule has 1 saturated carbocycles. The van der Waals surface area contributed by atoms with E-state index in [4.69, 9.17) is 9.47 Å². The molecular formula is C20H25F3O6. The molecule has 162 valence electrons. The molecular weight excluding hydrogens is 393 g/mol. The maximum absolute atomic E-state index is 12.2. The Kier molecular flexibility index (Phi) is 7.89. The van der Waals surface area contributed by atoms with Crippen LogP contribution in [0.2, 0.25) is 0 Å². The lowest BCUT2D eigenvalue weighted by atomic mass is 9.85. The lowest BCUT2D eigenvalue weighted by molar-refractivity contribution is -0.274. The fraction of sp³-hybridized carbons (Fsp3) is 0.600. The summed E-state index contributed by atoms with van der Waals surface area (Å²) in [5.74, 6) is -1.65. The van der Waals surface area contributed by atoms with E-state index < -0.39 is 30.3 Å². The molecule has 4 atom stereocenters. The van der Waals surface area contributed by atoms with Crippen LogP contribution in [-0.4, -0.2) is 42.2 Å². The second-order valence-corrected chi connectivity index (χ2v) is 7.20. The molecule has 0 aliphatic heterocycles. The fourth-order valence-corrected chi connectivity index (χ4v) is 3.00. The molecule has 1 aliphatic carbocycles. The van der Waals surface area contributed by atoms with Gasteiger partial charge in [0.05, 0.1) is 24.2 Å². The Labute approximate surface area is 166 Å². The highest BCUT2D eigenvalue weighted by molar-refractivity contribution is 5.89. The highest BCUT2D eigenvalue weighted by Gasteiger charge is 2.33. The summed E-state index contributed by atoms with van der Waals surface area (Å²) in [6.45, 7) is 3.89. The van der Waals surface area contributed by atoms with E-state index >= 15 is 0 Å². The number of alkyl halides is 3. The Morgan fingerprint density at radius 1 is 1.21 bits per heavy atom. The van der Waals surface area contributed by atoms with Gasteiger partial charge in [0.2, 0.25) is 0 Å². The van der Waals surface area contributed by atoms with E-state index in [1.54, 1.807) is 6.92 Å². The molecule has 1 aromatic rings. The number of aliphatic hydroxyl groups is 1. The molecule has 0 aromatic heterocycles. The molecule has 1 fully saturated rings. The molecule has 1 aromatic carbocycles. The van der Waals surface area contributed by atoms with Crippen molar-refractivity contribution in [3.63, 3.8) is 0 Å². The zero-order chi connectivity index (χ0) is 21.6. The molecule has 0 radical (unpaired) electrons. The number of hydrogen-bond acceptors (Lipinski definition) is 6. The van der Waals surface area contributed by atoms with Crippen LogP contribution in [0.5, 0.6) is 5.75 Å². The molecule has 2 rings (SSSR count). The maximum Gasteiger partial charge on any atom is 0.573 e. The molecule has 0 amide bonds. The van der Waals surface area contributed by atoms with E-state index in [0.717, 1.165) is 24.3 Å². The zero-order valence-corrected chi connectivity index (χ0v) is 16.3. The molecule has 1 N–H and O–H groups in total. The predicted molar refractivity (Wildman–Crippen MR) is 96.1 cm³/mol. The van der Waals surface area contributed by atoms with Gasteiger partial charge in [-0.15, -0.1) is 13.2 Å². The van der Waals surface area contributed by atoms with Crippen LogP contribution in [0.1, 0.15) is 49.9 Å². The first-order chi connectivity index (χ1) is 13.6. The average molecular weight is 418 g/mol. The van der Waals surface area contributed by atoms with Crippen molar-refractivity contribution in [2.24, 2.45) is 11.8 Å². The number of carbonyl (C=O) groups excluding carboxylic acids is 2. The number of rotatable bonds is 7. The third-order valence-electron chi connectivity index (χ3n) is 4.92. The van der Waals surface area contributed by atoms with Gasteiger partial charge in [-0.25, -0.2) is 4.79 Å². The molecule has 4 unspecified atom stereocenters. The molecule has 6 nitrogen and oxygen atoms in total. The van der Waals surface area contributed by atoms with E-state index in [-0.39, 0.29) is 30.0 Å². The maximum atomic E-state index is 12.2. The Hall–Kier alpha value is -2.29. The van der Waals surface area contributed by atoms with Crippen molar-refractivity contribution in [1.82, 2.24) is 0 Å². The van der Waals surface area contributed by atoms with Crippen molar-refractivity contribution in [3.05, 3.63) is 29.8 Å². The summed E-state index contributed by atoms with van der Waals surface area (Å²) in [7, 11) is 0. The molecule has 0 spiro atoms. The third-order valence-corrected chi connectivity index (χ3v) is 4.92. The number of ether oxygens (including phenoxy) is 3. The summed E-state index contributed by atoms with van der Waals surface area (Å²) in [5.41, 5.74) is 0.0522. The minimum atomic E-state index is -4.81. The Bertz CT molecular complexity index is 688. The van der Waals surface area contributed by atoms with E-state index in [9.17, 15) is 27.9 Å². The lowest BCUT2D eigenvalue weighted by Gasteiger charge is -2.32. The largest absolute Gasteiger partial charge is 0.573 e. The number of aliphatic hydroxyl groups excluding tert-OH is 1. The SMILES string of the molecule is CCC(C)C(=O)OCC1CCC(OC(=O)c2ccc(OC(F)(F)F)cc2)C(O)C1. The van der Waals surface area contributed by atoms with Gasteiger partial charge in [0, 0.05) is 0 Å². The number of benzene rings is 1. The van der Waals surface area contributed by atoms with E-state index in [2.05, 4.69) is 4.74 Å². The minimum absolute atomic E-state index is 0.0215. The van der Waals surface area contributed by atoms with Crippen LogP contribution < -0.4 is 4.74 Å². The molecule has 0 bridgehead atoms.